The monoisotopic (exact) mass is 328 g/mol. The van der Waals surface area contributed by atoms with E-state index in [4.69, 9.17) is 0 Å². The Kier molecular flexibility index (Phi) is 4.15. The van der Waals surface area contributed by atoms with E-state index < -0.39 is 0 Å². The van der Waals surface area contributed by atoms with Crippen LogP contribution in [0, 0.1) is 5.41 Å². The molecule has 0 saturated heterocycles. The van der Waals surface area contributed by atoms with Gasteiger partial charge >= 0.3 is 0 Å². The van der Waals surface area contributed by atoms with Crippen LogP contribution in [-0.4, -0.2) is 0 Å². The minimum Gasteiger partial charge on any atom is -0.0837 e. The summed E-state index contributed by atoms with van der Waals surface area (Å²) in [4.78, 5) is 0. The first-order chi connectivity index (χ1) is 12.3. The SMILES string of the molecule is C1=CCC2(C=C1)CCC1(C2)c2ccccc2Cc2ccccc21.CC. The van der Waals surface area contributed by atoms with Gasteiger partial charge in [0.25, 0.3) is 0 Å². The second-order valence-corrected chi connectivity index (χ2v) is 7.60. The summed E-state index contributed by atoms with van der Waals surface area (Å²) in [7, 11) is 0. The number of rotatable bonds is 0. The highest BCUT2D eigenvalue weighted by atomic mass is 14.5. The van der Waals surface area contributed by atoms with E-state index in [1.807, 2.05) is 13.8 Å². The second-order valence-electron chi connectivity index (χ2n) is 7.60. The van der Waals surface area contributed by atoms with Crippen LogP contribution < -0.4 is 0 Å². The Hall–Kier alpha value is -2.08. The summed E-state index contributed by atoms with van der Waals surface area (Å²) in [5, 5.41) is 0. The van der Waals surface area contributed by atoms with E-state index in [2.05, 4.69) is 72.8 Å². The van der Waals surface area contributed by atoms with E-state index in [-0.39, 0.29) is 5.41 Å². The molecule has 0 aliphatic heterocycles. The van der Waals surface area contributed by atoms with Gasteiger partial charge in [-0.15, -0.1) is 0 Å². The van der Waals surface area contributed by atoms with Crippen molar-refractivity contribution in [2.45, 2.75) is 51.4 Å². The predicted molar refractivity (Wildman–Crippen MR) is 107 cm³/mol. The lowest BCUT2D eigenvalue weighted by atomic mass is 9.63. The van der Waals surface area contributed by atoms with Crippen LogP contribution in [0.25, 0.3) is 0 Å². The second kappa shape index (κ2) is 6.33. The van der Waals surface area contributed by atoms with Crippen molar-refractivity contribution in [1.82, 2.24) is 0 Å². The lowest BCUT2D eigenvalue weighted by Crippen LogP contribution is -2.32. The van der Waals surface area contributed by atoms with Crippen LogP contribution >= 0.6 is 0 Å². The molecular formula is C25H28. The van der Waals surface area contributed by atoms with Gasteiger partial charge in [-0.2, -0.15) is 0 Å². The van der Waals surface area contributed by atoms with Crippen molar-refractivity contribution < 1.29 is 0 Å². The lowest BCUT2D eigenvalue weighted by Gasteiger charge is -2.40. The molecule has 2 spiro atoms. The van der Waals surface area contributed by atoms with Crippen molar-refractivity contribution in [3.8, 4) is 0 Å². The molecule has 3 aliphatic rings. The Bertz CT molecular complexity index is 778. The zero-order valence-corrected chi connectivity index (χ0v) is 15.5. The highest BCUT2D eigenvalue weighted by Crippen LogP contribution is 2.59. The number of benzene rings is 2. The van der Waals surface area contributed by atoms with Crippen molar-refractivity contribution >= 4 is 0 Å². The molecular weight excluding hydrogens is 300 g/mol. The van der Waals surface area contributed by atoms with Gasteiger partial charge in [0.15, 0.2) is 0 Å². The quantitative estimate of drug-likeness (QED) is 0.512. The molecule has 0 nitrogen and oxygen atoms in total. The zero-order valence-electron chi connectivity index (χ0n) is 15.5. The van der Waals surface area contributed by atoms with Crippen LogP contribution in [0.2, 0.25) is 0 Å². The van der Waals surface area contributed by atoms with Crippen LogP contribution in [0.15, 0.2) is 72.8 Å². The van der Waals surface area contributed by atoms with Gasteiger partial charge in [-0.25, -0.2) is 0 Å². The molecule has 5 rings (SSSR count). The third-order valence-corrected chi connectivity index (χ3v) is 6.37. The lowest BCUT2D eigenvalue weighted by molar-refractivity contribution is 0.368. The van der Waals surface area contributed by atoms with Crippen molar-refractivity contribution in [3.63, 3.8) is 0 Å². The molecule has 25 heavy (non-hydrogen) atoms. The van der Waals surface area contributed by atoms with Crippen LogP contribution in [0.4, 0.5) is 0 Å². The van der Waals surface area contributed by atoms with Gasteiger partial charge in [-0.05, 0) is 59.8 Å². The predicted octanol–water partition coefficient (Wildman–Crippen LogP) is 6.59. The summed E-state index contributed by atoms with van der Waals surface area (Å²) in [5.74, 6) is 0. The molecule has 0 aromatic heterocycles. The van der Waals surface area contributed by atoms with E-state index in [9.17, 15) is 0 Å². The van der Waals surface area contributed by atoms with Crippen molar-refractivity contribution in [2.24, 2.45) is 5.41 Å². The molecule has 0 bridgehead atoms. The molecule has 0 heteroatoms. The smallest absolute Gasteiger partial charge is 0.0217 e. The van der Waals surface area contributed by atoms with Crippen molar-refractivity contribution in [2.75, 3.05) is 0 Å². The molecule has 1 unspecified atom stereocenters. The minimum atomic E-state index is 0.223. The number of hydrogen-bond acceptors (Lipinski definition) is 0. The molecule has 128 valence electrons. The van der Waals surface area contributed by atoms with Crippen LogP contribution in [0.1, 0.15) is 61.8 Å². The van der Waals surface area contributed by atoms with Gasteiger partial charge < -0.3 is 0 Å². The molecule has 2 aromatic carbocycles. The van der Waals surface area contributed by atoms with Crippen molar-refractivity contribution in [1.29, 1.82) is 0 Å². The normalized spacial score (nSPS) is 24.6. The van der Waals surface area contributed by atoms with E-state index >= 15 is 0 Å². The Labute approximate surface area is 152 Å². The fraction of sp³-hybridized carbons (Fsp3) is 0.360. The molecule has 2 aromatic rings. The first kappa shape index (κ1) is 16.4. The largest absolute Gasteiger partial charge is 0.0837 e. The molecule has 0 N–H and O–H groups in total. The summed E-state index contributed by atoms with van der Waals surface area (Å²) in [5.41, 5.74) is 6.86. The van der Waals surface area contributed by atoms with Gasteiger partial charge in [0.1, 0.15) is 0 Å². The van der Waals surface area contributed by atoms with Gasteiger partial charge in [-0.3, -0.25) is 0 Å². The van der Waals surface area contributed by atoms with E-state index in [1.165, 1.54) is 25.7 Å². The molecule has 1 saturated carbocycles. The molecule has 0 amide bonds. The first-order valence-corrected chi connectivity index (χ1v) is 9.83. The highest BCUT2D eigenvalue weighted by molar-refractivity contribution is 5.55. The topological polar surface area (TPSA) is 0 Å². The van der Waals surface area contributed by atoms with Crippen molar-refractivity contribution in [3.05, 3.63) is 95.1 Å². The Balaban J connectivity index is 0.000000758. The van der Waals surface area contributed by atoms with Gasteiger partial charge in [0.05, 0.1) is 0 Å². The minimum absolute atomic E-state index is 0.223. The molecule has 1 fully saturated rings. The maximum Gasteiger partial charge on any atom is 0.0217 e. The standard InChI is InChI=1S/C23H22.C2H6/c1-6-12-22(13-7-1)14-15-23(17-22)20-10-4-2-8-18(20)16-19-9-3-5-11-21(19)23;1-2/h1-12H,13-17H2;1-2H3. The van der Waals surface area contributed by atoms with Gasteiger partial charge in [-0.1, -0.05) is 86.7 Å². The van der Waals surface area contributed by atoms with Crippen LogP contribution in [0.5, 0.6) is 0 Å². The van der Waals surface area contributed by atoms with Crippen LogP contribution in [0.3, 0.4) is 0 Å². The number of fused-ring (bicyclic) bond motifs is 4. The number of hydrogen-bond donors (Lipinski definition) is 0. The molecule has 3 aliphatic carbocycles. The van der Waals surface area contributed by atoms with E-state index in [0.717, 1.165) is 6.42 Å². The third-order valence-electron chi connectivity index (χ3n) is 6.37. The molecule has 0 heterocycles. The summed E-state index contributed by atoms with van der Waals surface area (Å²) in [6, 6.07) is 18.3. The maximum absolute atomic E-state index is 2.49. The van der Waals surface area contributed by atoms with Crippen LogP contribution in [-0.2, 0) is 11.8 Å². The zero-order chi connectivity index (χ0) is 17.3. The fourth-order valence-corrected chi connectivity index (χ4v) is 5.36. The molecule has 0 radical (unpaired) electrons. The maximum atomic E-state index is 2.49. The third kappa shape index (κ3) is 2.51. The highest BCUT2D eigenvalue weighted by Gasteiger charge is 2.51. The van der Waals surface area contributed by atoms with Gasteiger partial charge in [0, 0.05) is 5.41 Å². The summed E-state index contributed by atoms with van der Waals surface area (Å²) < 4.78 is 0. The average Bonchev–Trinajstić information content (AvgIpc) is 3.04. The Morgan fingerprint density at radius 1 is 0.760 bits per heavy atom. The Morgan fingerprint density at radius 2 is 1.40 bits per heavy atom. The summed E-state index contributed by atoms with van der Waals surface area (Å²) in [6.45, 7) is 4.00. The summed E-state index contributed by atoms with van der Waals surface area (Å²) in [6.07, 6.45) is 15.5. The van der Waals surface area contributed by atoms with E-state index in [1.54, 1.807) is 22.3 Å². The van der Waals surface area contributed by atoms with E-state index in [0.29, 0.717) is 5.41 Å². The number of allylic oxidation sites excluding steroid dienone is 4. The first-order valence-electron chi connectivity index (χ1n) is 9.83. The Morgan fingerprint density at radius 3 is 2.00 bits per heavy atom. The fourth-order valence-electron chi connectivity index (χ4n) is 5.36. The summed E-state index contributed by atoms with van der Waals surface area (Å²) >= 11 is 0. The van der Waals surface area contributed by atoms with Gasteiger partial charge in [0.2, 0.25) is 0 Å². The average molecular weight is 328 g/mol. The molecule has 1 atom stereocenters.